The third-order valence-corrected chi connectivity index (χ3v) is 4.52. The van der Waals surface area contributed by atoms with E-state index in [2.05, 4.69) is 50.4 Å². The highest BCUT2D eigenvalue weighted by atomic mass is 15.0. The molecule has 18 heavy (non-hydrogen) atoms. The van der Waals surface area contributed by atoms with Gasteiger partial charge in [0, 0.05) is 5.54 Å². The van der Waals surface area contributed by atoms with E-state index in [1.54, 1.807) is 0 Å². The van der Waals surface area contributed by atoms with Crippen LogP contribution in [-0.4, -0.2) is 12.1 Å². The molecule has 1 aliphatic rings. The lowest BCUT2D eigenvalue weighted by molar-refractivity contribution is 0.226. The van der Waals surface area contributed by atoms with Crippen LogP contribution >= 0.6 is 0 Å². The summed E-state index contributed by atoms with van der Waals surface area (Å²) in [6, 6.07) is 9.07. The zero-order chi connectivity index (χ0) is 13.0. The summed E-state index contributed by atoms with van der Waals surface area (Å²) in [5, 5.41) is 3.86. The van der Waals surface area contributed by atoms with Crippen molar-refractivity contribution in [2.24, 2.45) is 5.92 Å². The minimum Gasteiger partial charge on any atom is -0.311 e. The first-order valence-corrected chi connectivity index (χ1v) is 7.43. The highest BCUT2D eigenvalue weighted by Gasteiger charge is 2.33. The highest BCUT2D eigenvalue weighted by molar-refractivity contribution is 5.23. The molecule has 1 aliphatic heterocycles. The van der Waals surface area contributed by atoms with Gasteiger partial charge in [0.05, 0.1) is 0 Å². The van der Waals surface area contributed by atoms with Gasteiger partial charge in [0.2, 0.25) is 0 Å². The molecule has 1 aromatic rings. The molecule has 1 fully saturated rings. The van der Waals surface area contributed by atoms with Gasteiger partial charge in [-0.05, 0) is 44.2 Å². The second-order valence-corrected chi connectivity index (χ2v) is 6.21. The van der Waals surface area contributed by atoms with Crippen LogP contribution < -0.4 is 5.32 Å². The van der Waals surface area contributed by atoms with Crippen molar-refractivity contribution in [1.82, 2.24) is 5.32 Å². The molecule has 0 bridgehead atoms. The largest absolute Gasteiger partial charge is 0.311 e. The monoisotopic (exact) mass is 245 g/mol. The molecule has 0 radical (unpaired) electrons. The van der Waals surface area contributed by atoms with Crippen LogP contribution in [0.2, 0.25) is 0 Å². The second-order valence-electron chi connectivity index (χ2n) is 6.21. The predicted octanol–water partition coefficient (Wildman–Crippen LogP) is 4.10. The average Bonchev–Trinajstić information content (AvgIpc) is 2.59. The molecule has 0 spiro atoms. The Morgan fingerprint density at radius 2 is 1.83 bits per heavy atom. The minimum absolute atomic E-state index is 0.311. The van der Waals surface area contributed by atoms with Gasteiger partial charge in [0.15, 0.2) is 0 Å². The zero-order valence-electron chi connectivity index (χ0n) is 12.1. The molecule has 1 atom stereocenters. The maximum Gasteiger partial charge on any atom is 0.0244 e. The Kier molecular flexibility index (Phi) is 4.45. The molecule has 0 amide bonds. The first-order chi connectivity index (χ1) is 8.62. The molecule has 0 saturated carbocycles. The van der Waals surface area contributed by atoms with Crippen LogP contribution in [0.15, 0.2) is 24.3 Å². The fourth-order valence-corrected chi connectivity index (χ4v) is 3.09. The number of rotatable bonds is 3. The van der Waals surface area contributed by atoms with Crippen molar-refractivity contribution in [3.8, 4) is 0 Å². The van der Waals surface area contributed by atoms with Crippen LogP contribution in [0, 0.1) is 12.8 Å². The lowest BCUT2D eigenvalue weighted by atomic mass is 9.77. The van der Waals surface area contributed by atoms with E-state index in [4.69, 9.17) is 0 Å². The highest BCUT2D eigenvalue weighted by Crippen LogP contribution is 2.30. The molecule has 1 heterocycles. The standard InChI is InChI=1S/C17H27N/c1-14(2)17(11-5-4-6-12-18-17)13-16-9-7-15(3)8-10-16/h7-10,14,18H,4-6,11-13H2,1-3H3. The van der Waals surface area contributed by atoms with E-state index in [9.17, 15) is 0 Å². The number of hydrogen-bond acceptors (Lipinski definition) is 1. The molecule has 1 N–H and O–H groups in total. The van der Waals surface area contributed by atoms with E-state index in [1.165, 1.54) is 49.8 Å². The number of benzene rings is 1. The van der Waals surface area contributed by atoms with Gasteiger partial charge in [-0.25, -0.2) is 0 Å². The SMILES string of the molecule is Cc1ccc(CC2(C(C)C)CCCCCN2)cc1. The van der Waals surface area contributed by atoms with Gasteiger partial charge < -0.3 is 5.32 Å². The van der Waals surface area contributed by atoms with Crippen molar-refractivity contribution < 1.29 is 0 Å². The minimum atomic E-state index is 0.311. The fraction of sp³-hybridized carbons (Fsp3) is 0.647. The molecule has 1 unspecified atom stereocenters. The van der Waals surface area contributed by atoms with Gasteiger partial charge in [0.25, 0.3) is 0 Å². The summed E-state index contributed by atoms with van der Waals surface area (Å²) in [4.78, 5) is 0. The molecule has 100 valence electrons. The molecule has 2 rings (SSSR count). The third-order valence-electron chi connectivity index (χ3n) is 4.52. The van der Waals surface area contributed by atoms with Crippen LogP contribution in [0.5, 0.6) is 0 Å². The van der Waals surface area contributed by atoms with E-state index >= 15 is 0 Å². The van der Waals surface area contributed by atoms with E-state index in [0.717, 1.165) is 0 Å². The molecule has 0 aromatic heterocycles. The molecule has 1 saturated heterocycles. The Balaban J connectivity index is 2.16. The van der Waals surface area contributed by atoms with Gasteiger partial charge >= 0.3 is 0 Å². The summed E-state index contributed by atoms with van der Waals surface area (Å²) in [7, 11) is 0. The summed E-state index contributed by atoms with van der Waals surface area (Å²) in [5.41, 5.74) is 3.14. The molecule has 0 aliphatic carbocycles. The zero-order valence-corrected chi connectivity index (χ0v) is 12.1. The van der Waals surface area contributed by atoms with Gasteiger partial charge in [-0.2, -0.15) is 0 Å². The summed E-state index contributed by atoms with van der Waals surface area (Å²) in [6.07, 6.45) is 6.58. The molecule has 1 nitrogen and oxygen atoms in total. The first kappa shape index (κ1) is 13.6. The lowest BCUT2D eigenvalue weighted by Crippen LogP contribution is -2.50. The number of aryl methyl sites for hydroxylation is 1. The van der Waals surface area contributed by atoms with E-state index in [-0.39, 0.29) is 0 Å². The summed E-state index contributed by atoms with van der Waals surface area (Å²) in [6.45, 7) is 8.08. The van der Waals surface area contributed by atoms with Gasteiger partial charge in [-0.1, -0.05) is 56.5 Å². The molecular formula is C17H27N. The van der Waals surface area contributed by atoms with Crippen LogP contribution in [0.4, 0.5) is 0 Å². The van der Waals surface area contributed by atoms with Gasteiger partial charge in [-0.3, -0.25) is 0 Å². The summed E-state index contributed by atoms with van der Waals surface area (Å²) < 4.78 is 0. The average molecular weight is 245 g/mol. The Labute approximate surface area is 112 Å². The van der Waals surface area contributed by atoms with Crippen LogP contribution in [0.1, 0.15) is 50.7 Å². The Morgan fingerprint density at radius 1 is 1.11 bits per heavy atom. The van der Waals surface area contributed by atoms with Gasteiger partial charge in [-0.15, -0.1) is 0 Å². The first-order valence-electron chi connectivity index (χ1n) is 7.43. The van der Waals surface area contributed by atoms with Crippen molar-refractivity contribution in [3.05, 3.63) is 35.4 Å². The van der Waals surface area contributed by atoms with Crippen LogP contribution in [0.25, 0.3) is 0 Å². The Hall–Kier alpha value is -0.820. The van der Waals surface area contributed by atoms with Crippen molar-refractivity contribution in [1.29, 1.82) is 0 Å². The number of nitrogens with one attached hydrogen (secondary N) is 1. The lowest BCUT2D eigenvalue weighted by Gasteiger charge is -2.38. The molecule has 1 aromatic carbocycles. The van der Waals surface area contributed by atoms with Crippen LogP contribution in [0.3, 0.4) is 0 Å². The van der Waals surface area contributed by atoms with Crippen molar-refractivity contribution >= 4 is 0 Å². The molecular weight excluding hydrogens is 218 g/mol. The Morgan fingerprint density at radius 3 is 2.50 bits per heavy atom. The maximum absolute atomic E-state index is 3.86. The topological polar surface area (TPSA) is 12.0 Å². The fourth-order valence-electron chi connectivity index (χ4n) is 3.09. The normalized spacial score (nSPS) is 25.1. The Bertz CT molecular complexity index is 356. The van der Waals surface area contributed by atoms with Crippen molar-refractivity contribution in [2.45, 2.75) is 58.4 Å². The van der Waals surface area contributed by atoms with Crippen molar-refractivity contribution in [2.75, 3.05) is 6.54 Å². The third kappa shape index (κ3) is 3.14. The summed E-state index contributed by atoms with van der Waals surface area (Å²) >= 11 is 0. The quantitative estimate of drug-likeness (QED) is 0.845. The predicted molar refractivity (Wildman–Crippen MR) is 78.9 cm³/mol. The molecule has 1 heteroatoms. The van der Waals surface area contributed by atoms with Gasteiger partial charge in [0.1, 0.15) is 0 Å². The van der Waals surface area contributed by atoms with E-state index in [0.29, 0.717) is 11.5 Å². The van der Waals surface area contributed by atoms with Crippen LogP contribution in [-0.2, 0) is 6.42 Å². The van der Waals surface area contributed by atoms with Crippen molar-refractivity contribution in [3.63, 3.8) is 0 Å². The smallest absolute Gasteiger partial charge is 0.0244 e. The number of hydrogen-bond donors (Lipinski definition) is 1. The van der Waals surface area contributed by atoms with E-state index in [1.807, 2.05) is 0 Å². The maximum atomic E-state index is 3.86. The van der Waals surface area contributed by atoms with E-state index < -0.39 is 0 Å². The summed E-state index contributed by atoms with van der Waals surface area (Å²) in [5.74, 6) is 0.692. The second kappa shape index (κ2) is 5.88.